The zero-order valence-corrected chi connectivity index (χ0v) is 16.7. The van der Waals surface area contributed by atoms with Crippen LogP contribution in [-0.2, 0) is 14.8 Å². The van der Waals surface area contributed by atoms with Crippen molar-refractivity contribution in [3.63, 3.8) is 0 Å². The van der Waals surface area contributed by atoms with E-state index < -0.39 is 10.0 Å². The minimum absolute atomic E-state index is 0.229. The van der Waals surface area contributed by atoms with Gasteiger partial charge >= 0.3 is 0 Å². The number of aryl methyl sites for hydroxylation is 2. The SMILES string of the molecule is Cc1ccc(C)c(S(=O)(=O)N(C)CC(=O)Nc2ccc(I)cc2)c1. The highest BCUT2D eigenvalue weighted by atomic mass is 127. The van der Waals surface area contributed by atoms with E-state index in [4.69, 9.17) is 0 Å². The summed E-state index contributed by atoms with van der Waals surface area (Å²) in [5.74, 6) is -0.382. The molecule has 0 spiro atoms. The molecule has 5 nitrogen and oxygen atoms in total. The van der Waals surface area contributed by atoms with Gasteiger partial charge in [-0.25, -0.2) is 8.42 Å². The van der Waals surface area contributed by atoms with Crippen LogP contribution in [0.2, 0.25) is 0 Å². The Hall–Kier alpha value is -1.45. The molecule has 1 amide bonds. The Balaban J connectivity index is 2.12. The van der Waals surface area contributed by atoms with Crippen LogP contribution in [-0.4, -0.2) is 32.2 Å². The van der Waals surface area contributed by atoms with E-state index >= 15 is 0 Å². The lowest BCUT2D eigenvalue weighted by Crippen LogP contribution is -2.35. The minimum atomic E-state index is -3.71. The second-order valence-electron chi connectivity index (χ2n) is 5.59. The van der Waals surface area contributed by atoms with Gasteiger partial charge in [0.15, 0.2) is 0 Å². The van der Waals surface area contributed by atoms with Gasteiger partial charge in [-0.1, -0.05) is 12.1 Å². The van der Waals surface area contributed by atoms with Crippen LogP contribution in [0.3, 0.4) is 0 Å². The maximum Gasteiger partial charge on any atom is 0.243 e. The van der Waals surface area contributed by atoms with E-state index in [-0.39, 0.29) is 17.3 Å². The fourth-order valence-electron chi connectivity index (χ4n) is 2.17. The smallest absolute Gasteiger partial charge is 0.243 e. The standard InChI is InChI=1S/C17H19IN2O3S/c1-12-4-5-13(2)16(10-12)24(22,23)20(3)11-17(21)19-15-8-6-14(18)7-9-15/h4-10H,11H2,1-3H3,(H,19,21). The molecule has 0 saturated carbocycles. The van der Waals surface area contributed by atoms with Crippen molar-refractivity contribution in [3.8, 4) is 0 Å². The number of halogens is 1. The van der Waals surface area contributed by atoms with Crippen LogP contribution in [0.1, 0.15) is 11.1 Å². The number of hydrogen-bond acceptors (Lipinski definition) is 3. The Morgan fingerprint density at radius 2 is 1.75 bits per heavy atom. The van der Waals surface area contributed by atoms with Crippen LogP contribution < -0.4 is 5.32 Å². The van der Waals surface area contributed by atoms with Gasteiger partial charge in [0.05, 0.1) is 11.4 Å². The molecule has 0 bridgehead atoms. The molecular formula is C17H19IN2O3S. The van der Waals surface area contributed by atoms with Crippen LogP contribution in [0.25, 0.3) is 0 Å². The molecule has 0 aromatic heterocycles. The van der Waals surface area contributed by atoms with E-state index in [0.717, 1.165) is 13.4 Å². The van der Waals surface area contributed by atoms with Gasteiger partial charge < -0.3 is 5.32 Å². The number of nitrogens with one attached hydrogen (secondary N) is 1. The van der Waals surface area contributed by atoms with E-state index in [9.17, 15) is 13.2 Å². The highest BCUT2D eigenvalue weighted by molar-refractivity contribution is 14.1. The first-order valence-electron chi connectivity index (χ1n) is 7.29. The zero-order valence-electron chi connectivity index (χ0n) is 13.7. The molecule has 0 aliphatic heterocycles. The van der Waals surface area contributed by atoms with E-state index in [0.29, 0.717) is 11.3 Å². The normalized spacial score (nSPS) is 11.5. The molecule has 128 valence electrons. The van der Waals surface area contributed by atoms with Crippen molar-refractivity contribution in [2.24, 2.45) is 0 Å². The molecule has 2 rings (SSSR count). The number of amides is 1. The maximum atomic E-state index is 12.7. The molecule has 0 heterocycles. The number of benzene rings is 2. The number of likely N-dealkylation sites (N-methyl/N-ethyl adjacent to an activating group) is 1. The van der Waals surface area contributed by atoms with Crippen LogP contribution in [0, 0.1) is 17.4 Å². The lowest BCUT2D eigenvalue weighted by Gasteiger charge is -2.18. The summed E-state index contributed by atoms with van der Waals surface area (Å²) < 4.78 is 27.5. The molecule has 2 aromatic carbocycles. The van der Waals surface area contributed by atoms with E-state index in [1.54, 1.807) is 31.2 Å². The van der Waals surface area contributed by atoms with Gasteiger partial charge in [-0.2, -0.15) is 4.31 Å². The average Bonchev–Trinajstić information content (AvgIpc) is 2.51. The molecule has 0 aliphatic rings. The highest BCUT2D eigenvalue weighted by Crippen LogP contribution is 2.20. The zero-order chi connectivity index (χ0) is 17.9. The number of hydrogen-bond donors (Lipinski definition) is 1. The van der Waals surface area contributed by atoms with Gasteiger partial charge in [-0.05, 0) is 77.9 Å². The second kappa shape index (κ2) is 7.62. The number of rotatable bonds is 5. The quantitative estimate of drug-likeness (QED) is 0.701. The molecule has 7 heteroatoms. The van der Waals surface area contributed by atoms with E-state index in [2.05, 4.69) is 27.9 Å². The predicted octanol–water partition coefficient (Wildman–Crippen LogP) is 3.17. The van der Waals surface area contributed by atoms with Gasteiger partial charge in [0.25, 0.3) is 0 Å². The van der Waals surface area contributed by atoms with Crippen molar-refractivity contribution in [3.05, 3.63) is 57.2 Å². The van der Waals surface area contributed by atoms with Crippen molar-refractivity contribution in [1.82, 2.24) is 4.31 Å². The number of nitrogens with zero attached hydrogens (tertiary/aromatic N) is 1. The summed E-state index contributed by atoms with van der Waals surface area (Å²) >= 11 is 2.17. The first-order chi connectivity index (χ1) is 11.2. The topological polar surface area (TPSA) is 66.5 Å². The average molecular weight is 458 g/mol. The third kappa shape index (κ3) is 4.55. The lowest BCUT2D eigenvalue weighted by molar-refractivity contribution is -0.116. The highest BCUT2D eigenvalue weighted by Gasteiger charge is 2.24. The molecular weight excluding hydrogens is 439 g/mol. The fraction of sp³-hybridized carbons (Fsp3) is 0.235. The molecule has 24 heavy (non-hydrogen) atoms. The van der Waals surface area contributed by atoms with Crippen molar-refractivity contribution >= 4 is 44.2 Å². The third-order valence-electron chi connectivity index (χ3n) is 3.53. The van der Waals surface area contributed by atoms with Crippen molar-refractivity contribution in [1.29, 1.82) is 0 Å². The molecule has 0 radical (unpaired) electrons. The van der Waals surface area contributed by atoms with Gasteiger partial charge in [-0.3, -0.25) is 4.79 Å². The summed E-state index contributed by atoms with van der Waals surface area (Å²) in [6.07, 6.45) is 0. The molecule has 0 unspecified atom stereocenters. The Morgan fingerprint density at radius 3 is 2.38 bits per heavy atom. The maximum absolute atomic E-state index is 12.7. The molecule has 1 N–H and O–H groups in total. The number of anilines is 1. The van der Waals surface area contributed by atoms with Crippen LogP contribution >= 0.6 is 22.6 Å². The minimum Gasteiger partial charge on any atom is -0.325 e. The molecule has 0 aliphatic carbocycles. The molecule has 0 saturated heterocycles. The summed E-state index contributed by atoms with van der Waals surface area (Å²) in [5, 5.41) is 2.70. The van der Waals surface area contributed by atoms with E-state index in [1.165, 1.54) is 7.05 Å². The van der Waals surface area contributed by atoms with Crippen LogP contribution in [0.4, 0.5) is 5.69 Å². The summed E-state index contributed by atoms with van der Waals surface area (Å²) in [5.41, 5.74) is 2.15. The number of sulfonamides is 1. The van der Waals surface area contributed by atoms with Crippen molar-refractivity contribution in [2.45, 2.75) is 18.7 Å². The molecule has 0 fully saturated rings. The monoisotopic (exact) mass is 458 g/mol. The third-order valence-corrected chi connectivity index (χ3v) is 6.19. The van der Waals surface area contributed by atoms with Gasteiger partial charge in [0, 0.05) is 16.3 Å². The van der Waals surface area contributed by atoms with Gasteiger partial charge in [0.2, 0.25) is 15.9 Å². The largest absolute Gasteiger partial charge is 0.325 e. The lowest BCUT2D eigenvalue weighted by atomic mass is 10.2. The summed E-state index contributed by atoms with van der Waals surface area (Å²) in [4.78, 5) is 12.3. The molecule has 0 atom stereocenters. The van der Waals surface area contributed by atoms with Crippen LogP contribution in [0.15, 0.2) is 47.4 Å². The summed E-state index contributed by atoms with van der Waals surface area (Å²) in [7, 11) is -2.31. The Bertz CT molecular complexity index is 849. The first kappa shape index (κ1) is 18.9. The van der Waals surface area contributed by atoms with Crippen molar-refractivity contribution < 1.29 is 13.2 Å². The van der Waals surface area contributed by atoms with Crippen LogP contribution in [0.5, 0.6) is 0 Å². The van der Waals surface area contributed by atoms with E-state index in [1.807, 2.05) is 25.1 Å². The summed E-state index contributed by atoms with van der Waals surface area (Å²) in [6.45, 7) is 3.33. The summed E-state index contributed by atoms with van der Waals surface area (Å²) in [6, 6.07) is 12.5. The van der Waals surface area contributed by atoms with Crippen molar-refractivity contribution in [2.75, 3.05) is 18.9 Å². The second-order valence-corrected chi connectivity index (χ2v) is 8.84. The number of carbonyl (C=O) groups excluding carboxylic acids is 1. The fourth-order valence-corrected chi connectivity index (χ4v) is 3.97. The Morgan fingerprint density at radius 1 is 1.12 bits per heavy atom. The number of carbonyl (C=O) groups is 1. The predicted molar refractivity (Wildman–Crippen MR) is 104 cm³/mol. The first-order valence-corrected chi connectivity index (χ1v) is 9.81. The Kier molecular flexibility index (Phi) is 6.00. The van der Waals surface area contributed by atoms with Gasteiger partial charge in [-0.15, -0.1) is 0 Å². The van der Waals surface area contributed by atoms with Gasteiger partial charge in [0.1, 0.15) is 0 Å². The molecule has 2 aromatic rings. The Labute approximate surface area is 156 Å².